The minimum atomic E-state index is -0.554. The predicted octanol–water partition coefficient (Wildman–Crippen LogP) is 1.85. The van der Waals surface area contributed by atoms with Gasteiger partial charge in [-0.25, -0.2) is 0 Å². The van der Waals surface area contributed by atoms with Gasteiger partial charge < -0.3 is 25.6 Å². The maximum Gasteiger partial charge on any atom is 0.223 e. The molecule has 3 aliphatic carbocycles. The van der Waals surface area contributed by atoms with Crippen molar-refractivity contribution in [1.82, 2.24) is 10.6 Å². The fourth-order valence-corrected chi connectivity index (χ4v) is 6.20. The molecule has 1 saturated carbocycles. The van der Waals surface area contributed by atoms with Crippen molar-refractivity contribution in [3.05, 3.63) is 51.6 Å². The van der Waals surface area contributed by atoms with Crippen LogP contribution < -0.4 is 15.4 Å². The number of rotatable bonds is 3. The summed E-state index contributed by atoms with van der Waals surface area (Å²) in [4.78, 5) is 39.6. The Bertz CT molecular complexity index is 1270. The summed E-state index contributed by atoms with van der Waals surface area (Å²) in [5.74, 6) is -1.88. The number of phenolic OH excluding ortho intramolecular Hbond substituents is 2. The molecule has 4 aliphatic rings. The number of amides is 1. The molecule has 0 aromatic heterocycles. The summed E-state index contributed by atoms with van der Waals surface area (Å²) in [6, 6.07) is 4.87. The zero-order valence-corrected chi connectivity index (χ0v) is 18.9. The fraction of sp³-hybridized carbons (Fsp3) is 0.423. The van der Waals surface area contributed by atoms with Crippen LogP contribution in [0.2, 0.25) is 0 Å². The predicted molar refractivity (Wildman–Crippen MR) is 122 cm³/mol. The molecular formula is C26H26N2O6. The summed E-state index contributed by atoms with van der Waals surface area (Å²) < 4.78 is 5.27. The second-order valence-corrected chi connectivity index (χ2v) is 10.1. The zero-order chi connectivity index (χ0) is 23.8. The summed E-state index contributed by atoms with van der Waals surface area (Å²) in [6.07, 6.45) is 2.99. The van der Waals surface area contributed by atoms with Gasteiger partial charge in [0.25, 0.3) is 0 Å². The fourth-order valence-electron chi connectivity index (χ4n) is 6.20. The summed E-state index contributed by atoms with van der Waals surface area (Å²) in [6.45, 7) is 2.02. The molecule has 2 fully saturated rings. The van der Waals surface area contributed by atoms with Crippen molar-refractivity contribution in [1.29, 1.82) is 0 Å². The lowest BCUT2D eigenvalue weighted by Gasteiger charge is -2.54. The average molecular weight is 463 g/mol. The second kappa shape index (κ2) is 7.30. The van der Waals surface area contributed by atoms with Gasteiger partial charge in [-0.05, 0) is 43.6 Å². The van der Waals surface area contributed by atoms with Gasteiger partial charge in [-0.2, -0.15) is 0 Å². The van der Waals surface area contributed by atoms with Gasteiger partial charge in [0.1, 0.15) is 17.2 Å². The van der Waals surface area contributed by atoms with Gasteiger partial charge in [0, 0.05) is 41.7 Å². The Kier molecular flexibility index (Phi) is 4.55. The largest absolute Gasteiger partial charge is 0.507 e. The van der Waals surface area contributed by atoms with Gasteiger partial charge in [0.15, 0.2) is 5.78 Å². The number of hydrogen-bond donors (Lipinski definition) is 4. The van der Waals surface area contributed by atoms with Crippen LogP contribution >= 0.6 is 0 Å². The molecule has 0 radical (unpaired) electrons. The van der Waals surface area contributed by atoms with Crippen molar-refractivity contribution in [2.45, 2.75) is 38.1 Å². The number of fused-ring (bicyclic) bond motifs is 3. The first-order valence-corrected chi connectivity index (χ1v) is 11.7. The first-order valence-electron chi connectivity index (χ1n) is 11.7. The lowest BCUT2D eigenvalue weighted by atomic mass is 9.61. The van der Waals surface area contributed by atoms with Crippen LogP contribution in [0.5, 0.6) is 17.2 Å². The molecule has 1 heterocycles. The third-order valence-electron chi connectivity index (χ3n) is 8.10. The standard InChI is InChI=1S/C26H26N2O6/c1-34-17-4-2-3-15-18(17)24(32)20-19(22(15)30)23(31)16-7-12(5-6-14(16)21(20)29)25(33)28-13-8-26(9-13)10-27-11-26/h2-4,12-13,27,29,31H,5-11H2,1H3,(H,28,33). The third kappa shape index (κ3) is 2.84. The van der Waals surface area contributed by atoms with Gasteiger partial charge in [0.05, 0.1) is 23.8 Å². The van der Waals surface area contributed by atoms with Crippen molar-refractivity contribution < 1.29 is 29.3 Å². The lowest BCUT2D eigenvalue weighted by molar-refractivity contribution is -0.128. The van der Waals surface area contributed by atoms with Crippen LogP contribution in [0, 0.1) is 11.3 Å². The molecule has 0 bridgehead atoms. The van der Waals surface area contributed by atoms with E-state index in [1.165, 1.54) is 13.2 Å². The average Bonchev–Trinajstić information content (AvgIpc) is 2.79. The Hall–Kier alpha value is -3.39. The molecule has 1 spiro atoms. The number of methoxy groups -OCH3 is 1. The van der Waals surface area contributed by atoms with E-state index in [-0.39, 0.29) is 63.8 Å². The Morgan fingerprint density at radius 1 is 1.06 bits per heavy atom. The van der Waals surface area contributed by atoms with Gasteiger partial charge in [-0.15, -0.1) is 0 Å². The van der Waals surface area contributed by atoms with E-state index in [1.807, 2.05) is 0 Å². The molecular weight excluding hydrogens is 436 g/mol. The highest BCUT2D eigenvalue weighted by Crippen LogP contribution is 2.48. The SMILES string of the molecule is COc1cccc2c1C(=O)c1c(O)c3c(c(O)c1C2=O)CC(C(=O)NC1CC2(CNC2)C1)CC3. The number of benzene rings is 2. The molecule has 2 aromatic rings. The Morgan fingerprint density at radius 2 is 1.76 bits per heavy atom. The van der Waals surface area contributed by atoms with Crippen molar-refractivity contribution in [2.24, 2.45) is 11.3 Å². The van der Waals surface area contributed by atoms with Crippen LogP contribution in [0.4, 0.5) is 0 Å². The minimum absolute atomic E-state index is 0.0631. The highest BCUT2D eigenvalue weighted by molar-refractivity contribution is 6.31. The third-order valence-corrected chi connectivity index (χ3v) is 8.10. The van der Waals surface area contributed by atoms with E-state index in [4.69, 9.17) is 4.74 Å². The number of phenols is 2. The Balaban J connectivity index is 1.32. The maximum atomic E-state index is 13.3. The topological polar surface area (TPSA) is 125 Å². The first kappa shape index (κ1) is 21.2. The molecule has 1 atom stereocenters. The van der Waals surface area contributed by atoms with E-state index >= 15 is 0 Å². The smallest absolute Gasteiger partial charge is 0.223 e. The van der Waals surface area contributed by atoms with Gasteiger partial charge in [-0.3, -0.25) is 14.4 Å². The molecule has 1 saturated heterocycles. The van der Waals surface area contributed by atoms with Crippen LogP contribution in [0.25, 0.3) is 0 Å². The highest BCUT2D eigenvalue weighted by atomic mass is 16.5. The van der Waals surface area contributed by atoms with Crippen LogP contribution in [0.1, 0.15) is 62.2 Å². The normalized spacial score (nSPS) is 22.2. The molecule has 1 aliphatic heterocycles. The molecule has 34 heavy (non-hydrogen) atoms. The second-order valence-electron chi connectivity index (χ2n) is 10.1. The number of hydrogen-bond acceptors (Lipinski definition) is 7. The highest BCUT2D eigenvalue weighted by Gasteiger charge is 2.49. The van der Waals surface area contributed by atoms with Crippen LogP contribution in [0.15, 0.2) is 18.2 Å². The molecule has 8 heteroatoms. The molecule has 4 N–H and O–H groups in total. The lowest BCUT2D eigenvalue weighted by Crippen LogP contribution is -2.65. The van der Waals surface area contributed by atoms with Gasteiger partial charge in [-0.1, -0.05) is 12.1 Å². The first-order chi connectivity index (χ1) is 16.3. The van der Waals surface area contributed by atoms with Crippen LogP contribution in [-0.4, -0.2) is 53.9 Å². The van der Waals surface area contributed by atoms with Crippen molar-refractivity contribution in [3.63, 3.8) is 0 Å². The van der Waals surface area contributed by atoms with E-state index in [1.54, 1.807) is 12.1 Å². The van der Waals surface area contributed by atoms with Crippen LogP contribution in [-0.2, 0) is 17.6 Å². The molecule has 8 nitrogen and oxygen atoms in total. The van der Waals surface area contributed by atoms with E-state index in [9.17, 15) is 24.6 Å². The number of ether oxygens (including phenoxy) is 1. The summed E-state index contributed by atoms with van der Waals surface area (Å²) in [5, 5.41) is 28.6. The summed E-state index contributed by atoms with van der Waals surface area (Å²) in [7, 11) is 1.41. The van der Waals surface area contributed by atoms with Gasteiger partial charge >= 0.3 is 0 Å². The molecule has 1 unspecified atom stereocenters. The zero-order valence-electron chi connectivity index (χ0n) is 18.9. The molecule has 2 aromatic carbocycles. The summed E-state index contributed by atoms with van der Waals surface area (Å²) >= 11 is 0. The van der Waals surface area contributed by atoms with Crippen molar-refractivity contribution in [3.8, 4) is 17.2 Å². The monoisotopic (exact) mass is 462 g/mol. The number of aromatic hydroxyl groups is 2. The van der Waals surface area contributed by atoms with E-state index in [0.29, 0.717) is 29.4 Å². The molecule has 6 rings (SSSR count). The number of carbonyl (C=O) groups excluding carboxylic acids is 3. The Labute approximate surface area is 196 Å². The van der Waals surface area contributed by atoms with Gasteiger partial charge in [0.2, 0.25) is 11.7 Å². The molecule has 1 amide bonds. The van der Waals surface area contributed by atoms with Crippen molar-refractivity contribution in [2.75, 3.05) is 20.2 Å². The maximum absolute atomic E-state index is 13.3. The Morgan fingerprint density at radius 3 is 2.44 bits per heavy atom. The van der Waals surface area contributed by atoms with Crippen molar-refractivity contribution >= 4 is 17.5 Å². The molecule has 176 valence electrons. The minimum Gasteiger partial charge on any atom is -0.507 e. The summed E-state index contributed by atoms with van der Waals surface area (Å²) in [5.41, 5.74) is 1.00. The van der Waals surface area contributed by atoms with E-state index in [2.05, 4.69) is 10.6 Å². The quantitative estimate of drug-likeness (QED) is 0.438. The van der Waals surface area contributed by atoms with Crippen LogP contribution in [0.3, 0.4) is 0 Å². The van der Waals surface area contributed by atoms with E-state index in [0.717, 1.165) is 25.9 Å². The number of nitrogens with one attached hydrogen (secondary N) is 2. The van der Waals surface area contributed by atoms with E-state index < -0.39 is 11.6 Å². The number of carbonyl (C=O) groups is 3. The number of ketones is 2.